The van der Waals surface area contributed by atoms with E-state index >= 15 is 0 Å². The molecule has 0 saturated heterocycles. The van der Waals surface area contributed by atoms with E-state index in [0.29, 0.717) is 10.5 Å². The molecule has 0 amide bonds. The van der Waals surface area contributed by atoms with Crippen LogP contribution in [0.15, 0.2) is 59.5 Å². The highest BCUT2D eigenvalue weighted by molar-refractivity contribution is 7.92. The second-order valence-corrected chi connectivity index (χ2v) is 7.92. The molecule has 26 heavy (non-hydrogen) atoms. The molecule has 0 saturated carbocycles. The number of hydrogen-bond acceptors (Lipinski definition) is 4. The van der Waals surface area contributed by atoms with Gasteiger partial charge in [0.1, 0.15) is 0 Å². The number of hydrogen-bond donors (Lipinski definition) is 2. The van der Waals surface area contributed by atoms with Gasteiger partial charge in [-0.25, -0.2) is 8.42 Å². The molecule has 1 heterocycles. The van der Waals surface area contributed by atoms with Crippen LogP contribution in [0.2, 0.25) is 0 Å². The standard InChI is InChI=1S/C18H20N4O2S2/c1-2-3-13-22-17(19-20-18(22)25)14-9-11-15(12-10-14)21-26(23,24)16-7-5-4-6-8-16/h4-12,21H,2-3,13H2,1H3,(H,20,25). The summed E-state index contributed by atoms with van der Waals surface area (Å²) in [5, 5.41) is 7.12. The maximum absolute atomic E-state index is 12.4. The van der Waals surface area contributed by atoms with Crippen molar-refractivity contribution in [1.82, 2.24) is 14.8 Å². The lowest BCUT2D eigenvalue weighted by atomic mass is 10.2. The second kappa shape index (κ2) is 7.84. The number of nitrogens with zero attached hydrogens (tertiary/aromatic N) is 2. The molecule has 0 aliphatic heterocycles. The van der Waals surface area contributed by atoms with Gasteiger partial charge < -0.3 is 4.57 Å². The molecule has 0 aliphatic carbocycles. The molecule has 8 heteroatoms. The quantitative estimate of drug-likeness (QED) is 0.594. The van der Waals surface area contributed by atoms with Crippen molar-refractivity contribution in [2.75, 3.05) is 4.72 Å². The molecule has 0 atom stereocenters. The number of nitrogens with one attached hydrogen (secondary N) is 2. The van der Waals surface area contributed by atoms with Crippen LogP contribution in [0, 0.1) is 4.77 Å². The van der Waals surface area contributed by atoms with Crippen molar-refractivity contribution in [1.29, 1.82) is 0 Å². The molecule has 1 aromatic heterocycles. The Balaban J connectivity index is 1.83. The summed E-state index contributed by atoms with van der Waals surface area (Å²) in [7, 11) is -3.60. The summed E-state index contributed by atoms with van der Waals surface area (Å²) < 4.78 is 29.9. The third-order valence-corrected chi connectivity index (χ3v) is 5.65. The minimum atomic E-state index is -3.60. The highest BCUT2D eigenvalue weighted by Gasteiger charge is 2.14. The van der Waals surface area contributed by atoms with E-state index in [-0.39, 0.29) is 4.90 Å². The molecule has 3 aromatic rings. The fourth-order valence-corrected chi connectivity index (χ4v) is 3.87. The average Bonchev–Trinajstić information content (AvgIpc) is 3.01. The van der Waals surface area contributed by atoms with Crippen molar-refractivity contribution >= 4 is 27.9 Å². The Morgan fingerprint density at radius 3 is 2.46 bits per heavy atom. The van der Waals surface area contributed by atoms with Crippen molar-refractivity contribution in [3.63, 3.8) is 0 Å². The van der Waals surface area contributed by atoms with E-state index in [1.807, 2.05) is 16.7 Å². The lowest BCUT2D eigenvalue weighted by Crippen LogP contribution is -2.12. The molecule has 2 aromatic carbocycles. The number of unbranched alkanes of at least 4 members (excludes halogenated alkanes) is 1. The number of aromatic amines is 1. The first-order valence-electron chi connectivity index (χ1n) is 8.35. The second-order valence-electron chi connectivity index (χ2n) is 5.85. The maximum atomic E-state index is 12.4. The minimum Gasteiger partial charge on any atom is -0.300 e. The van der Waals surface area contributed by atoms with Gasteiger partial charge in [0.15, 0.2) is 10.6 Å². The number of benzene rings is 2. The first kappa shape index (κ1) is 18.3. The van der Waals surface area contributed by atoms with Gasteiger partial charge in [-0.05, 0) is 55.0 Å². The molecule has 136 valence electrons. The van der Waals surface area contributed by atoms with Crippen molar-refractivity contribution in [3.05, 3.63) is 59.4 Å². The van der Waals surface area contributed by atoms with Crippen LogP contribution < -0.4 is 4.72 Å². The molecule has 6 nitrogen and oxygen atoms in total. The van der Waals surface area contributed by atoms with E-state index in [4.69, 9.17) is 12.2 Å². The number of anilines is 1. The molecule has 0 radical (unpaired) electrons. The number of sulfonamides is 1. The first-order valence-corrected chi connectivity index (χ1v) is 10.2. The maximum Gasteiger partial charge on any atom is 0.261 e. The van der Waals surface area contributed by atoms with Crippen LogP contribution in [-0.2, 0) is 16.6 Å². The van der Waals surface area contributed by atoms with Gasteiger partial charge in [0, 0.05) is 17.8 Å². The zero-order chi connectivity index (χ0) is 18.6. The third kappa shape index (κ3) is 4.03. The topological polar surface area (TPSA) is 79.8 Å². The zero-order valence-corrected chi connectivity index (χ0v) is 16.0. The number of rotatable bonds is 7. The molecule has 0 unspecified atom stereocenters. The lowest BCUT2D eigenvalue weighted by molar-refractivity contribution is 0.601. The molecule has 0 aliphatic rings. The van der Waals surface area contributed by atoms with Crippen LogP contribution in [0.3, 0.4) is 0 Å². The van der Waals surface area contributed by atoms with Crippen LogP contribution in [-0.4, -0.2) is 23.2 Å². The number of H-pyrrole nitrogens is 1. The summed E-state index contributed by atoms with van der Waals surface area (Å²) in [6, 6.07) is 15.4. The summed E-state index contributed by atoms with van der Waals surface area (Å²) in [4.78, 5) is 0.226. The van der Waals surface area contributed by atoms with Crippen LogP contribution >= 0.6 is 12.2 Å². The summed E-state index contributed by atoms with van der Waals surface area (Å²) in [5.74, 6) is 0.751. The van der Waals surface area contributed by atoms with Gasteiger partial charge in [0.25, 0.3) is 10.0 Å². The van der Waals surface area contributed by atoms with Crippen LogP contribution in [0.1, 0.15) is 19.8 Å². The molecule has 0 fully saturated rings. The normalized spacial score (nSPS) is 11.4. The van der Waals surface area contributed by atoms with Crippen LogP contribution in [0.25, 0.3) is 11.4 Å². The lowest BCUT2D eigenvalue weighted by Gasteiger charge is -2.09. The summed E-state index contributed by atoms with van der Waals surface area (Å²) >= 11 is 5.29. The molecule has 2 N–H and O–H groups in total. The first-order chi connectivity index (χ1) is 12.5. The monoisotopic (exact) mass is 388 g/mol. The average molecular weight is 389 g/mol. The fraction of sp³-hybridized carbons (Fsp3) is 0.222. The SMILES string of the molecule is CCCCn1c(-c2ccc(NS(=O)(=O)c3ccccc3)cc2)n[nH]c1=S. The summed E-state index contributed by atoms with van der Waals surface area (Å²) in [6.07, 6.45) is 2.07. The van der Waals surface area contributed by atoms with E-state index < -0.39 is 10.0 Å². The zero-order valence-electron chi connectivity index (χ0n) is 14.3. The Morgan fingerprint density at radius 1 is 1.12 bits per heavy atom. The van der Waals surface area contributed by atoms with Gasteiger partial charge in [0.05, 0.1) is 4.90 Å². The van der Waals surface area contributed by atoms with Crippen molar-refractivity contribution < 1.29 is 8.42 Å². The highest BCUT2D eigenvalue weighted by Crippen LogP contribution is 2.22. The van der Waals surface area contributed by atoms with Gasteiger partial charge in [0.2, 0.25) is 0 Å². The largest absolute Gasteiger partial charge is 0.300 e. The van der Waals surface area contributed by atoms with Gasteiger partial charge in [-0.2, -0.15) is 5.10 Å². The van der Waals surface area contributed by atoms with E-state index in [1.54, 1.807) is 42.5 Å². The van der Waals surface area contributed by atoms with E-state index in [9.17, 15) is 8.42 Å². The molecular formula is C18H20N4O2S2. The van der Waals surface area contributed by atoms with E-state index in [2.05, 4.69) is 21.8 Å². The van der Waals surface area contributed by atoms with Crippen molar-refractivity contribution in [3.8, 4) is 11.4 Å². The van der Waals surface area contributed by atoms with Gasteiger partial charge in [-0.1, -0.05) is 31.5 Å². The predicted octanol–water partition coefficient (Wildman–Crippen LogP) is 4.21. The Hall–Kier alpha value is -2.45. The minimum absolute atomic E-state index is 0.226. The Bertz CT molecular complexity index is 1020. The summed E-state index contributed by atoms with van der Waals surface area (Å²) in [5.41, 5.74) is 1.36. The predicted molar refractivity (Wildman–Crippen MR) is 105 cm³/mol. The fourth-order valence-electron chi connectivity index (χ4n) is 2.56. The van der Waals surface area contributed by atoms with E-state index in [1.165, 1.54) is 0 Å². The summed E-state index contributed by atoms with van der Waals surface area (Å²) in [6.45, 7) is 2.92. The third-order valence-electron chi connectivity index (χ3n) is 3.94. The Labute approximate surface area is 158 Å². The highest BCUT2D eigenvalue weighted by atomic mass is 32.2. The number of aromatic nitrogens is 3. The van der Waals surface area contributed by atoms with Crippen LogP contribution in [0.5, 0.6) is 0 Å². The Kier molecular flexibility index (Phi) is 5.53. The molecule has 0 spiro atoms. The van der Waals surface area contributed by atoms with Crippen molar-refractivity contribution in [2.45, 2.75) is 31.2 Å². The van der Waals surface area contributed by atoms with Gasteiger partial charge in [-0.3, -0.25) is 9.82 Å². The smallest absolute Gasteiger partial charge is 0.261 e. The van der Waals surface area contributed by atoms with Crippen LogP contribution in [0.4, 0.5) is 5.69 Å². The van der Waals surface area contributed by atoms with Gasteiger partial charge >= 0.3 is 0 Å². The molecule has 3 rings (SSSR count). The van der Waals surface area contributed by atoms with E-state index in [0.717, 1.165) is 30.8 Å². The Morgan fingerprint density at radius 2 is 1.81 bits per heavy atom. The molecule has 0 bridgehead atoms. The van der Waals surface area contributed by atoms with Gasteiger partial charge in [-0.15, -0.1) is 0 Å². The van der Waals surface area contributed by atoms with Crippen molar-refractivity contribution in [2.24, 2.45) is 0 Å². The molecular weight excluding hydrogens is 368 g/mol.